The molecular weight excluding hydrogens is 160 g/mol. The molecule has 68 valence electrons. The second-order valence-electron chi connectivity index (χ2n) is 3.08. The smallest absolute Gasteiger partial charge is 0.331 e. The molecule has 0 aromatic heterocycles. The first kappa shape index (κ1) is 9.22. The van der Waals surface area contributed by atoms with Crippen LogP contribution in [0.3, 0.4) is 0 Å². The van der Waals surface area contributed by atoms with Crippen LogP contribution >= 0.6 is 0 Å². The van der Waals surface area contributed by atoms with Gasteiger partial charge in [0.1, 0.15) is 0 Å². The Morgan fingerprint density at radius 2 is 2.08 bits per heavy atom. The van der Waals surface area contributed by atoms with Crippen molar-refractivity contribution < 1.29 is 20.1 Å². The van der Waals surface area contributed by atoms with Crippen LogP contribution in [0.2, 0.25) is 0 Å². The zero-order valence-electron chi connectivity index (χ0n) is 6.82. The summed E-state index contributed by atoms with van der Waals surface area (Å²) in [5.74, 6) is -1.05. The Kier molecular flexibility index (Phi) is 2.49. The Morgan fingerprint density at radius 1 is 1.50 bits per heavy atom. The molecule has 0 aromatic rings. The Bertz CT molecular complexity index is 231. The van der Waals surface area contributed by atoms with Gasteiger partial charge in [-0.2, -0.15) is 0 Å². The van der Waals surface area contributed by atoms with Gasteiger partial charge < -0.3 is 15.3 Å². The van der Waals surface area contributed by atoms with Gasteiger partial charge in [-0.1, -0.05) is 0 Å². The highest BCUT2D eigenvalue weighted by Crippen LogP contribution is 2.25. The topological polar surface area (TPSA) is 77.8 Å². The van der Waals surface area contributed by atoms with Gasteiger partial charge >= 0.3 is 5.97 Å². The highest BCUT2D eigenvalue weighted by Gasteiger charge is 2.27. The van der Waals surface area contributed by atoms with Crippen molar-refractivity contribution in [1.29, 1.82) is 0 Å². The van der Waals surface area contributed by atoms with Crippen LogP contribution in [0.15, 0.2) is 11.1 Å². The lowest BCUT2D eigenvalue weighted by molar-refractivity contribution is -0.133. The lowest BCUT2D eigenvalue weighted by Crippen LogP contribution is -2.28. The minimum absolute atomic E-state index is 0.137. The molecule has 1 aliphatic carbocycles. The molecule has 3 N–H and O–H groups in total. The van der Waals surface area contributed by atoms with E-state index >= 15 is 0 Å². The lowest BCUT2D eigenvalue weighted by atomic mass is 9.88. The maximum absolute atomic E-state index is 10.6. The second kappa shape index (κ2) is 3.25. The minimum atomic E-state index is -1.05. The van der Waals surface area contributed by atoms with E-state index < -0.39 is 18.2 Å². The van der Waals surface area contributed by atoms with Crippen molar-refractivity contribution >= 4 is 5.97 Å². The molecule has 4 heteroatoms. The molecule has 12 heavy (non-hydrogen) atoms. The first-order valence-electron chi connectivity index (χ1n) is 3.81. The molecule has 2 atom stereocenters. The number of aliphatic hydroxyl groups is 2. The second-order valence-corrected chi connectivity index (χ2v) is 3.08. The van der Waals surface area contributed by atoms with Crippen molar-refractivity contribution in [2.75, 3.05) is 0 Å². The molecule has 4 nitrogen and oxygen atoms in total. The van der Waals surface area contributed by atoms with Crippen molar-refractivity contribution in [3.05, 3.63) is 11.1 Å². The van der Waals surface area contributed by atoms with Gasteiger partial charge in [0.05, 0.1) is 12.2 Å². The predicted octanol–water partition coefficient (Wildman–Crippen LogP) is -0.0969. The molecular formula is C8H12O4. The van der Waals surface area contributed by atoms with Gasteiger partial charge in [-0.3, -0.25) is 0 Å². The summed E-state index contributed by atoms with van der Waals surface area (Å²) < 4.78 is 0. The van der Waals surface area contributed by atoms with E-state index in [0.717, 1.165) is 0 Å². The summed E-state index contributed by atoms with van der Waals surface area (Å²) in [6, 6.07) is 0. The third-order valence-corrected chi connectivity index (χ3v) is 2.17. The number of aliphatic carboxylic acids is 1. The van der Waals surface area contributed by atoms with Crippen LogP contribution < -0.4 is 0 Å². The van der Waals surface area contributed by atoms with E-state index in [1.165, 1.54) is 0 Å². The Morgan fingerprint density at radius 3 is 2.58 bits per heavy atom. The molecule has 0 aliphatic heterocycles. The molecule has 1 rings (SSSR count). The van der Waals surface area contributed by atoms with Crippen LogP contribution in [0.4, 0.5) is 0 Å². The molecule has 0 radical (unpaired) electrons. The fourth-order valence-corrected chi connectivity index (χ4v) is 1.37. The maximum Gasteiger partial charge on any atom is 0.331 e. The molecule has 0 bridgehead atoms. The SMILES string of the molecule is CC1=C(C(=O)O)CC(O)CC1O. The van der Waals surface area contributed by atoms with E-state index in [2.05, 4.69) is 0 Å². The zero-order chi connectivity index (χ0) is 9.30. The van der Waals surface area contributed by atoms with Gasteiger partial charge in [-0.15, -0.1) is 0 Å². The normalized spacial score (nSPS) is 30.6. The maximum atomic E-state index is 10.6. The fraction of sp³-hybridized carbons (Fsp3) is 0.625. The molecule has 0 heterocycles. The number of carbonyl (C=O) groups is 1. The lowest BCUT2D eigenvalue weighted by Gasteiger charge is -2.24. The first-order valence-corrected chi connectivity index (χ1v) is 3.81. The fourth-order valence-electron chi connectivity index (χ4n) is 1.37. The molecule has 0 fully saturated rings. The number of carboxylic acids is 1. The van der Waals surface area contributed by atoms with Crippen LogP contribution in [-0.2, 0) is 4.79 Å². The van der Waals surface area contributed by atoms with E-state index in [1.807, 2.05) is 0 Å². The van der Waals surface area contributed by atoms with E-state index in [1.54, 1.807) is 6.92 Å². The average molecular weight is 172 g/mol. The average Bonchev–Trinajstić information content (AvgIpc) is 1.96. The van der Waals surface area contributed by atoms with Crippen LogP contribution in [-0.4, -0.2) is 33.5 Å². The molecule has 0 saturated heterocycles. The molecule has 0 amide bonds. The number of hydrogen-bond acceptors (Lipinski definition) is 3. The van der Waals surface area contributed by atoms with Gasteiger partial charge in [0, 0.05) is 18.4 Å². The quantitative estimate of drug-likeness (QED) is 0.516. The summed E-state index contributed by atoms with van der Waals surface area (Å²) in [4.78, 5) is 10.6. The monoisotopic (exact) mass is 172 g/mol. The predicted molar refractivity (Wildman–Crippen MR) is 41.6 cm³/mol. The van der Waals surface area contributed by atoms with Crippen LogP contribution in [0, 0.1) is 0 Å². The van der Waals surface area contributed by atoms with Gasteiger partial charge in [0.25, 0.3) is 0 Å². The van der Waals surface area contributed by atoms with Crippen LogP contribution in [0.1, 0.15) is 19.8 Å². The van der Waals surface area contributed by atoms with E-state index in [4.69, 9.17) is 10.2 Å². The Hall–Kier alpha value is -0.870. The third-order valence-electron chi connectivity index (χ3n) is 2.17. The summed E-state index contributed by atoms with van der Waals surface area (Å²) in [5, 5.41) is 27.1. The highest BCUT2D eigenvalue weighted by molar-refractivity contribution is 5.88. The van der Waals surface area contributed by atoms with E-state index in [-0.39, 0.29) is 18.4 Å². The summed E-state index contributed by atoms with van der Waals surface area (Å²) >= 11 is 0. The zero-order valence-corrected chi connectivity index (χ0v) is 6.82. The molecule has 2 unspecified atom stereocenters. The Labute approximate surface area is 70.1 Å². The summed E-state index contributed by atoms with van der Waals surface area (Å²) in [5.41, 5.74) is 0.606. The van der Waals surface area contributed by atoms with Crippen molar-refractivity contribution in [2.24, 2.45) is 0 Å². The van der Waals surface area contributed by atoms with Gasteiger partial charge in [-0.05, 0) is 12.5 Å². The van der Waals surface area contributed by atoms with E-state index in [0.29, 0.717) is 5.57 Å². The summed E-state index contributed by atoms with van der Waals surface area (Å²) in [6.45, 7) is 1.58. The number of rotatable bonds is 1. The summed E-state index contributed by atoms with van der Waals surface area (Å²) in [7, 11) is 0. The number of aliphatic hydroxyl groups excluding tert-OH is 2. The largest absolute Gasteiger partial charge is 0.478 e. The van der Waals surface area contributed by atoms with Gasteiger partial charge in [0.15, 0.2) is 0 Å². The van der Waals surface area contributed by atoms with Gasteiger partial charge in [-0.25, -0.2) is 4.79 Å². The molecule has 0 spiro atoms. The molecule has 1 aliphatic rings. The minimum Gasteiger partial charge on any atom is -0.478 e. The molecule has 0 saturated carbocycles. The standard InChI is InChI=1S/C8H12O4/c1-4-6(8(11)12)2-5(9)3-7(4)10/h5,7,9-10H,2-3H2,1H3,(H,11,12). The molecule has 0 aromatic carbocycles. The summed E-state index contributed by atoms with van der Waals surface area (Å²) in [6.07, 6.45) is -1.16. The Balaban J connectivity index is 2.93. The van der Waals surface area contributed by atoms with Gasteiger partial charge in [0.2, 0.25) is 0 Å². The highest BCUT2D eigenvalue weighted by atomic mass is 16.4. The van der Waals surface area contributed by atoms with Crippen LogP contribution in [0.5, 0.6) is 0 Å². The van der Waals surface area contributed by atoms with Crippen molar-refractivity contribution in [1.82, 2.24) is 0 Å². The van der Waals surface area contributed by atoms with Crippen molar-refractivity contribution in [3.8, 4) is 0 Å². The van der Waals surface area contributed by atoms with Crippen molar-refractivity contribution in [2.45, 2.75) is 32.0 Å². The number of carboxylic acid groups (broad SMARTS) is 1. The van der Waals surface area contributed by atoms with Crippen LogP contribution in [0.25, 0.3) is 0 Å². The number of hydrogen-bond donors (Lipinski definition) is 3. The van der Waals surface area contributed by atoms with Crippen molar-refractivity contribution in [3.63, 3.8) is 0 Å². The third kappa shape index (κ3) is 1.65. The van der Waals surface area contributed by atoms with E-state index in [9.17, 15) is 9.90 Å². The first-order chi connectivity index (χ1) is 5.52.